The molecule has 0 radical (unpaired) electrons. The first-order chi connectivity index (χ1) is 14.2. The maximum atomic E-state index is 12.3. The number of hydrogen-bond acceptors (Lipinski definition) is 3. The van der Waals surface area contributed by atoms with Gasteiger partial charge in [-0.2, -0.15) is 0 Å². The van der Waals surface area contributed by atoms with Gasteiger partial charge in [-0.25, -0.2) is 4.79 Å². The second-order valence-electron chi connectivity index (χ2n) is 8.02. The molecule has 2 aliphatic rings. The summed E-state index contributed by atoms with van der Waals surface area (Å²) in [4.78, 5) is 14.8. The Morgan fingerprint density at radius 2 is 1.86 bits per heavy atom. The molecule has 2 aromatic rings. The van der Waals surface area contributed by atoms with E-state index in [-0.39, 0.29) is 12.1 Å². The summed E-state index contributed by atoms with van der Waals surface area (Å²) in [6.45, 7) is 4.33. The quantitative estimate of drug-likeness (QED) is 0.782. The second-order valence-corrected chi connectivity index (χ2v) is 8.46. The van der Waals surface area contributed by atoms with E-state index in [9.17, 15) is 4.79 Å². The molecule has 0 spiro atoms. The third-order valence-corrected chi connectivity index (χ3v) is 6.04. The first-order valence-corrected chi connectivity index (χ1v) is 10.8. The lowest BCUT2D eigenvalue weighted by Crippen LogP contribution is -2.48. The van der Waals surface area contributed by atoms with Gasteiger partial charge in [-0.1, -0.05) is 41.9 Å². The Morgan fingerprint density at radius 1 is 1.10 bits per heavy atom. The Morgan fingerprint density at radius 3 is 2.66 bits per heavy atom. The third-order valence-electron chi connectivity index (χ3n) is 5.79. The highest BCUT2D eigenvalue weighted by atomic mass is 35.5. The minimum absolute atomic E-state index is 0.0196. The molecule has 154 valence electrons. The van der Waals surface area contributed by atoms with E-state index >= 15 is 0 Å². The van der Waals surface area contributed by atoms with E-state index in [1.54, 1.807) is 0 Å². The van der Waals surface area contributed by atoms with Crippen molar-refractivity contribution in [1.82, 2.24) is 15.5 Å². The molecule has 0 saturated carbocycles. The SMILES string of the molecule is O=C(NCC1CCN(Cc2ccc(Cl)cc2)CC1)NC1COc2ccccc2C1. The van der Waals surface area contributed by atoms with Gasteiger partial charge in [0, 0.05) is 18.1 Å². The number of fused-ring (bicyclic) bond motifs is 1. The van der Waals surface area contributed by atoms with Gasteiger partial charge in [-0.3, -0.25) is 4.90 Å². The Labute approximate surface area is 177 Å². The Balaban J connectivity index is 1.15. The minimum atomic E-state index is -0.0958. The number of amides is 2. The lowest BCUT2D eigenvalue weighted by Gasteiger charge is -2.32. The van der Waals surface area contributed by atoms with Crippen molar-refractivity contribution in [3.63, 3.8) is 0 Å². The molecule has 0 aliphatic carbocycles. The van der Waals surface area contributed by atoms with Crippen molar-refractivity contribution in [2.45, 2.75) is 31.8 Å². The van der Waals surface area contributed by atoms with Gasteiger partial charge in [0.2, 0.25) is 0 Å². The number of piperidine rings is 1. The van der Waals surface area contributed by atoms with Crippen LogP contribution in [-0.4, -0.2) is 43.2 Å². The number of likely N-dealkylation sites (tertiary alicyclic amines) is 1. The molecule has 4 rings (SSSR count). The van der Waals surface area contributed by atoms with Crippen molar-refractivity contribution in [2.24, 2.45) is 5.92 Å². The normalized spacial score (nSPS) is 19.8. The smallest absolute Gasteiger partial charge is 0.315 e. The summed E-state index contributed by atoms with van der Waals surface area (Å²) in [6.07, 6.45) is 3.02. The molecule has 1 fully saturated rings. The molecule has 1 atom stereocenters. The summed E-state index contributed by atoms with van der Waals surface area (Å²) in [7, 11) is 0. The lowest BCUT2D eigenvalue weighted by atomic mass is 9.96. The van der Waals surface area contributed by atoms with E-state index in [0.29, 0.717) is 12.5 Å². The summed E-state index contributed by atoms with van der Waals surface area (Å²) >= 11 is 5.96. The van der Waals surface area contributed by atoms with Gasteiger partial charge in [-0.15, -0.1) is 0 Å². The van der Waals surface area contributed by atoms with Crippen LogP contribution in [0.4, 0.5) is 4.79 Å². The summed E-state index contributed by atoms with van der Waals surface area (Å²) in [5, 5.41) is 6.88. The van der Waals surface area contributed by atoms with Gasteiger partial charge >= 0.3 is 6.03 Å². The molecular weight excluding hydrogens is 386 g/mol. The number of ether oxygens (including phenoxy) is 1. The van der Waals surface area contributed by atoms with Gasteiger partial charge in [0.05, 0.1) is 6.04 Å². The number of carbonyl (C=O) groups is 1. The fourth-order valence-corrected chi connectivity index (χ4v) is 4.22. The average molecular weight is 414 g/mol. The van der Waals surface area contributed by atoms with Crippen LogP contribution in [0.3, 0.4) is 0 Å². The standard InChI is InChI=1S/C23H28ClN3O2/c24-20-7-5-18(6-8-20)15-27-11-9-17(10-12-27)14-25-23(28)26-21-13-19-3-1-2-4-22(19)29-16-21/h1-8,17,21H,9-16H2,(H2,25,26,28). The van der Waals surface area contributed by atoms with Crippen molar-refractivity contribution in [3.8, 4) is 5.75 Å². The molecule has 2 heterocycles. The van der Waals surface area contributed by atoms with Gasteiger partial charge < -0.3 is 15.4 Å². The van der Waals surface area contributed by atoms with E-state index in [0.717, 1.165) is 61.8 Å². The summed E-state index contributed by atoms with van der Waals surface area (Å²) in [6, 6.07) is 16.0. The van der Waals surface area contributed by atoms with Gasteiger partial charge in [0.25, 0.3) is 0 Å². The fourth-order valence-electron chi connectivity index (χ4n) is 4.09. The van der Waals surface area contributed by atoms with Crippen LogP contribution < -0.4 is 15.4 Å². The maximum absolute atomic E-state index is 12.3. The van der Waals surface area contributed by atoms with Gasteiger partial charge in [-0.05, 0) is 67.6 Å². The predicted molar refractivity (Wildman–Crippen MR) is 115 cm³/mol. The molecule has 1 unspecified atom stereocenters. The maximum Gasteiger partial charge on any atom is 0.315 e. The highest BCUT2D eigenvalue weighted by Gasteiger charge is 2.23. The predicted octanol–water partition coefficient (Wildman–Crippen LogP) is 3.85. The lowest BCUT2D eigenvalue weighted by molar-refractivity contribution is 0.173. The molecule has 2 N–H and O–H groups in total. The van der Waals surface area contributed by atoms with Crippen LogP contribution in [0.5, 0.6) is 5.75 Å². The van der Waals surface area contributed by atoms with Crippen molar-refractivity contribution < 1.29 is 9.53 Å². The van der Waals surface area contributed by atoms with E-state index in [2.05, 4.69) is 33.7 Å². The molecule has 2 aliphatic heterocycles. The average Bonchev–Trinajstić information content (AvgIpc) is 2.75. The number of nitrogens with one attached hydrogen (secondary N) is 2. The Hall–Kier alpha value is -2.24. The number of rotatable bonds is 5. The Bertz CT molecular complexity index is 819. The number of benzene rings is 2. The first-order valence-electron chi connectivity index (χ1n) is 10.4. The first kappa shape index (κ1) is 20.0. The van der Waals surface area contributed by atoms with E-state index in [4.69, 9.17) is 16.3 Å². The van der Waals surface area contributed by atoms with Crippen LogP contribution in [0.2, 0.25) is 5.02 Å². The summed E-state index contributed by atoms with van der Waals surface area (Å²) in [5.74, 6) is 1.46. The van der Waals surface area contributed by atoms with Crippen LogP contribution in [0.1, 0.15) is 24.0 Å². The van der Waals surface area contributed by atoms with Crippen LogP contribution >= 0.6 is 11.6 Å². The number of urea groups is 1. The third kappa shape index (κ3) is 5.64. The van der Waals surface area contributed by atoms with E-state index in [1.807, 2.05) is 30.3 Å². The number of para-hydroxylation sites is 1. The van der Waals surface area contributed by atoms with Crippen molar-refractivity contribution in [1.29, 1.82) is 0 Å². The van der Waals surface area contributed by atoms with Crippen molar-refractivity contribution in [2.75, 3.05) is 26.2 Å². The van der Waals surface area contributed by atoms with Crippen molar-refractivity contribution in [3.05, 3.63) is 64.7 Å². The second kappa shape index (κ2) is 9.51. The molecule has 29 heavy (non-hydrogen) atoms. The summed E-state index contributed by atoms with van der Waals surface area (Å²) < 4.78 is 5.74. The summed E-state index contributed by atoms with van der Waals surface area (Å²) in [5.41, 5.74) is 2.44. The highest BCUT2D eigenvalue weighted by Crippen LogP contribution is 2.24. The van der Waals surface area contributed by atoms with Crippen LogP contribution in [-0.2, 0) is 13.0 Å². The van der Waals surface area contributed by atoms with Crippen molar-refractivity contribution >= 4 is 17.6 Å². The molecule has 1 saturated heterocycles. The zero-order valence-electron chi connectivity index (χ0n) is 16.6. The van der Waals surface area contributed by atoms with Crippen LogP contribution in [0, 0.1) is 5.92 Å². The highest BCUT2D eigenvalue weighted by molar-refractivity contribution is 6.30. The fraction of sp³-hybridized carbons (Fsp3) is 0.435. The van der Waals surface area contributed by atoms with Gasteiger partial charge in [0.1, 0.15) is 12.4 Å². The number of nitrogens with zero attached hydrogens (tertiary/aromatic N) is 1. The molecule has 0 aromatic heterocycles. The van der Waals surface area contributed by atoms with E-state index < -0.39 is 0 Å². The number of hydrogen-bond donors (Lipinski definition) is 2. The van der Waals surface area contributed by atoms with Crippen LogP contribution in [0.15, 0.2) is 48.5 Å². The zero-order chi connectivity index (χ0) is 20.1. The largest absolute Gasteiger partial charge is 0.491 e. The van der Waals surface area contributed by atoms with E-state index in [1.165, 1.54) is 5.56 Å². The molecule has 6 heteroatoms. The van der Waals surface area contributed by atoms with Gasteiger partial charge in [0.15, 0.2) is 0 Å². The minimum Gasteiger partial charge on any atom is -0.491 e. The number of halogens is 1. The molecule has 2 aromatic carbocycles. The molecule has 2 amide bonds. The molecular formula is C23H28ClN3O2. The number of carbonyl (C=O) groups excluding carboxylic acids is 1. The molecule has 0 bridgehead atoms. The Kier molecular flexibility index (Phi) is 6.57. The zero-order valence-corrected chi connectivity index (χ0v) is 17.3. The monoisotopic (exact) mass is 413 g/mol. The topological polar surface area (TPSA) is 53.6 Å². The van der Waals surface area contributed by atoms with Crippen LogP contribution in [0.25, 0.3) is 0 Å². The molecule has 5 nitrogen and oxygen atoms in total.